The van der Waals surface area contributed by atoms with Crippen LogP contribution < -0.4 is 5.73 Å². The summed E-state index contributed by atoms with van der Waals surface area (Å²) in [6.07, 6.45) is 1.97. The van der Waals surface area contributed by atoms with Crippen molar-refractivity contribution in [1.29, 1.82) is 0 Å². The van der Waals surface area contributed by atoms with Crippen LogP contribution in [-0.2, 0) is 48.1 Å². The predicted molar refractivity (Wildman–Crippen MR) is 226 cm³/mol. The number of hydrogen-bond acceptors (Lipinski definition) is 4. The number of amides is 2. The summed E-state index contributed by atoms with van der Waals surface area (Å²) in [5, 5.41) is 27.5. The van der Waals surface area contributed by atoms with Gasteiger partial charge < -0.3 is 20.8 Å². The van der Waals surface area contributed by atoms with Gasteiger partial charge in [0, 0.05) is 25.7 Å². The third kappa shape index (κ3) is 9.42. The van der Waals surface area contributed by atoms with Crippen LogP contribution in [0.4, 0.5) is 0 Å². The molecule has 0 bridgehead atoms. The van der Waals surface area contributed by atoms with Crippen LogP contribution in [0.3, 0.4) is 0 Å². The highest BCUT2D eigenvalue weighted by atomic mass is 16.3. The lowest BCUT2D eigenvalue weighted by molar-refractivity contribution is -0.165. The Labute approximate surface area is 336 Å². The van der Waals surface area contributed by atoms with E-state index in [4.69, 9.17) is 5.73 Å². The summed E-state index contributed by atoms with van der Waals surface area (Å²) >= 11 is 0. The molecule has 0 aromatic heterocycles. The van der Waals surface area contributed by atoms with Crippen molar-refractivity contribution in [3.63, 3.8) is 0 Å². The Bertz CT molecular complexity index is 1960. The molecule has 1 aliphatic carbocycles. The topological polar surface area (TPSA) is 104 Å². The summed E-state index contributed by atoms with van der Waals surface area (Å²) in [5.41, 5.74) is 6.99. The predicted octanol–water partition coefficient (Wildman–Crippen LogP) is 7.74. The Morgan fingerprint density at radius 2 is 0.719 bits per heavy atom. The number of hydrogen-bond donors (Lipinski definition) is 3. The number of nitrogens with two attached hydrogens (primary N) is 1. The minimum absolute atomic E-state index is 0.210. The van der Waals surface area contributed by atoms with Crippen LogP contribution >= 0.6 is 0 Å². The van der Waals surface area contributed by atoms with Crippen LogP contribution in [0.2, 0.25) is 0 Å². The van der Waals surface area contributed by atoms with E-state index in [0.717, 1.165) is 33.4 Å². The molecule has 0 spiro atoms. The molecule has 1 aliphatic rings. The molecular formula is C51H52N2O4. The van der Waals surface area contributed by atoms with E-state index >= 15 is 4.79 Å². The average Bonchev–Trinajstić information content (AvgIpc) is 4.05. The maximum Gasteiger partial charge on any atom is 0.238 e. The second-order valence-electron chi connectivity index (χ2n) is 15.9. The van der Waals surface area contributed by atoms with Crippen LogP contribution in [0.25, 0.3) is 0 Å². The van der Waals surface area contributed by atoms with Gasteiger partial charge in [0.05, 0.1) is 23.3 Å². The number of benzene rings is 6. The molecule has 6 aromatic rings. The minimum Gasteiger partial charge on any atom is -0.387 e. The highest BCUT2D eigenvalue weighted by Crippen LogP contribution is 2.50. The Morgan fingerprint density at radius 1 is 0.474 bits per heavy atom. The standard InChI is InChI=1S/C51H52N2O4/c52-47(54)49(31-32-49)48(55)53(45(33-39-19-7-1-8-20-39)50(56,35-41-23-11-3-12-24-41)36-42-25-13-4-14-26-42)46(34-40-21-9-2-10-22-40)51(57,37-43-27-15-5-16-28-43)38-44-29-17-6-18-30-44/h1-30,45-46,56-57H,31-38H2,(H2,52,54)/t45-,46-/m1/s1. The molecule has 0 saturated heterocycles. The fourth-order valence-electron chi connectivity index (χ4n) is 8.60. The van der Waals surface area contributed by atoms with Gasteiger partial charge in [-0.3, -0.25) is 9.59 Å². The molecule has 2 atom stereocenters. The second-order valence-corrected chi connectivity index (χ2v) is 15.9. The van der Waals surface area contributed by atoms with E-state index in [2.05, 4.69) is 0 Å². The SMILES string of the molecule is NC(=O)C1(C(=O)N([C@H](Cc2ccccc2)C(O)(Cc2ccccc2)Cc2ccccc2)[C@H](Cc2ccccc2)C(O)(Cc2ccccc2)Cc2ccccc2)CC1. The molecule has 290 valence electrons. The van der Waals surface area contributed by atoms with Crippen molar-refractivity contribution >= 4 is 11.8 Å². The summed E-state index contributed by atoms with van der Waals surface area (Å²) in [6, 6.07) is 57.3. The fourth-order valence-corrected chi connectivity index (χ4v) is 8.60. The lowest BCUT2D eigenvalue weighted by Gasteiger charge is -2.52. The number of primary amides is 1. The normalized spacial score (nSPS) is 14.6. The van der Waals surface area contributed by atoms with Gasteiger partial charge in [-0.25, -0.2) is 0 Å². The van der Waals surface area contributed by atoms with E-state index in [0.29, 0.717) is 12.8 Å². The molecule has 0 heterocycles. The first kappa shape index (κ1) is 39.4. The van der Waals surface area contributed by atoms with Crippen LogP contribution in [-0.4, -0.2) is 50.2 Å². The molecule has 6 aromatic carbocycles. The van der Waals surface area contributed by atoms with E-state index in [1.54, 1.807) is 4.90 Å². The smallest absolute Gasteiger partial charge is 0.238 e. The van der Waals surface area contributed by atoms with Crippen LogP contribution in [0.15, 0.2) is 182 Å². The lowest BCUT2D eigenvalue weighted by Crippen LogP contribution is -2.68. The van der Waals surface area contributed by atoms with Crippen molar-refractivity contribution in [2.24, 2.45) is 11.1 Å². The van der Waals surface area contributed by atoms with E-state index in [1.807, 2.05) is 182 Å². The van der Waals surface area contributed by atoms with Gasteiger partial charge in [-0.05, 0) is 59.1 Å². The van der Waals surface area contributed by atoms with Gasteiger partial charge in [0.2, 0.25) is 11.8 Å². The Balaban J connectivity index is 1.50. The number of rotatable bonds is 18. The van der Waals surface area contributed by atoms with Crippen molar-refractivity contribution in [3.05, 3.63) is 215 Å². The number of carbonyl (C=O) groups excluding carboxylic acids is 2. The maximum atomic E-state index is 15.8. The summed E-state index contributed by atoms with van der Waals surface area (Å²) in [7, 11) is 0. The van der Waals surface area contributed by atoms with Crippen molar-refractivity contribution < 1.29 is 19.8 Å². The molecule has 0 radical (unpaired) electrons. The third-order valence-corrected chi connectivity index (χ3v) is 11.7. The third-order valence-electron chi connectivity index (χ3n) is 11.7. The van der Waals surface area contributed by atoms with Gasteiger partial charge in [0.1, 0.15) is 5.41 Å². The maximum absolute atomic E-state index is 15.8. The van der Waals surface area contributed by atoms with E-state index in [1.165, 1.54) is 0 Å². The first-order valence-corrected chi connectivity index (χ1v) is 20.0. The summed E-state index contributed by atoms with van der Waals surface area (Å²) < 4.78 is 0. The molecule has 1 fully saturated rings. The fraction of sp³-hybridized carbons (Fsp3) is 0.255. The molecule has 6 nitrogen and oxygen atoms in total. The first-order valence-electron chi connectivity index (χ1n) is 20.0. The summed E-state index contributed by atoms with van der Waals surface area (Å²) in [4.78, 5) is 31.1. The van der Waals surface area contributed by atoms with Gasteiger partial charge in [-0.2, -0.15) is 0 Å². The average molecular weight is 757 g/mol. The molecule has 7 rings (SSSR count). The molecule has 1 saturated carbocycles. The zero-order chi connectivity index (χ0) is 39.7. The molecule has 6 heteroatoms. The van der Waals surface area contributed by atoms with Gasteiger partial charge >= 0.3 is 0 Å². The highest BCUT2D eigenvalue weighted by Gasteiger charge is 2.61. The van der Waals surface area contributed by atoms with Gasteiger partial charge in [-0.15, -0.1) is 0 Å². The van der Waals surface area contributed by atoms with Gasteiger partial charge in [-0.1, -0.05) is 182 Å². The zero-order valence-corrected chi connectivity index (χ0v) is 32.4. The number of nitrogens with zero attached hydrogens (tertiary/aromatic N) is 1. The van der Waals surface area contributed by atoms with Crippen LogP contribution in [0, 0.1) is 5.41 Å². The van der Waals surface area contributed by atoms with Crippen molar-refractivity contribution in [2.75, 3.05) is 0 Å². The van der Waals surface area contributed by atoms with Gasteiger partial charge in [0.25, 0.3) is 0 Å². The lowest BCUT2D eigenvalue weighted by atomic mass is 9.73. The molecule has 0 aliphatic heterocycles. The largest absolute Gasteiger partial charge is 0.387 e. The van der Waals surface area contributed by atoms with Crippen molar-refractivity contribution in [3.8, 4) is 0 Å². The van der Waals surface area contributed by atoms with E-state index in [9.17, 15) is 15.0 Å². The van der Waals surface area contributed by atoms with E-state index in [-0.39, 0.29) is 38.5 Å². The highest BCUT2D eigenvalue weighted by molar-refractivity contribution is 6.07. The Morgan fingerprint density at radius 3 is 0.947 bits per heavy atom. The minimum atomic E-state index is -1.59. The molecule has 0 unspecified atom stereocenters. The quantitative estimate of drug-likeness (QED) is 0.0782. The van der Waals surface area contributed by atoms with Crippen molar-refractivity contribution in [1.82, 2.24) is 4.90 Å². The summed E-state index contributed by atoms with van der Waals surface area (Å²) in [6.45, 7) is 0. The van der Waals surface area contributed by atoms with Crippen LogP contribution in [0.1, 0.15) is 46.2 Å². The number of aliphatic hydroxyl groups is 2. The van der Waals surface area contributed by atoms with Crippen molar-refractivity contribution in [2.45, 2.75) is 74.7 Å². The first-order chi connectivity index (χ1) is 27.7. The molecular weight excluding hydrogens is 705 g/mol. The second kappa shape index (κ2) is 17.5. The zero-order valence-electron chi connectivity index (χ0n) is 32.4. The van der Waals surface area contributed by atoms with E-state index < -0.39 is 40.5 Å². The van der Waals surface area contributed by atoms with Gasteiger partial charge in [0.15, 0.2) is 0 Å². The Kier molecular flexibility index (Phi) is 12.1. The van der Waals surface area contributed by atoms with Crippen LogP contribution in [0.5, 0.6) is 0 Å². The Hall–Kier alpha value is -5.82. The number of carbonyl (C=O) groups is 2. The molecule has 2 amide bonds. The summed E-state index contributed by atoms with van der Waals surface area (Å²) in [5.74, 6) is -1.13. The monoisotopic (exact) mass is 756 g/mol. The molecule has 4 N–H and O–H groups in total. The molecule has 57 heavy (non-hydrogen) atoms.